The van der Waals surface area contributed by atoms with Gasteiger partial charge in [-0.1, -0.05) is 0 Å². The largest absolute Gasteiger partial charge is 0.341 e. The van der Waals surface area contributed by atoms with E-state index < -0.39 is 0 Å². The molecule has 15 heavy (non-hydrogen) atoms. The van der Waals surface area contributed by atoms with Crippen molar-refractivity contribution in [3.8, 4) is 0 Å². The first-order valence-corrected chi connectivity index (χ1v) is 5.68. The molecule has 4 heteroatoms. The van der Waals surface area contributed by atoms with E-state index in [2.05, 4.69) is 26.1 Å². The van der Waals surface area contributed by atoms with E-state index in [-0.39, 0.29) is 18.0 Å². The summed E-state index contributed by atoms with van der Waals surface area (Å²) in [6.07, 6.45) is 2.06. The summed E-state index contributed by atoms with van der Waals surface area (Å²) in [5.74, 6) is 0.0733. The molecule has 1 aliphatic heterocycles. The van der Waals surface area contributed by atoms with Crippen LogP contribution in [0.25, 0.3) is 0 Å². The van der Waals surface area contributed by atoms with E-state index in [1.165, 1.54) is 0 Å². The van der Waals surface area contributed by atoms with Gasteiger partial charge in [0.2, 0.25) is 5.91 Å². The molecule has 1 fully saturated rings. The molecule has 0 bridgehead atoms. The van der Waals surface area contributed by atoms with Crippen LogP contribution in [0.3, 0.4) is 0 Å². The van der Waals surface area contributed by atoms with E-state index in [1.54, 1.807) is 0 Å². The van der Waals surface area contributed by atoms with Crippen LogP contribution in [0.1, 0.15) is 33.6 Å². The van der Waals surface area contributed by atoms with E-state index in [0.29, 0.717) is 6.04 Å². The number of nitrogens with two attached hydrogens (primary N) is 1. The average Bonchev–Trinajstić information content (AvgIpc) is 2.15. The number of carbonyl (C=O) groups is 1. The van der Waals surface area contributed by atoms with Crippen LogP contribution >= 0.6 is 0 Å². The Balaban J connectivity index is 2.33. The highest BCUT2D eigenvalue weighted by atomic mass is 16.2. The summed E-state index contributed by atoms with van der Waals surface area (Å²) in [4.78, 5) is 13.2. The molecule has 0 unspecified atom stereocenters. The van der Waals surface area contributed by atoms with E-state index in [9.17, 15) is 4.79 Å². The van der Waals surface area contributed by atoms with Crippen molar-refractivity contribution in [1.29, 1.82) is 0 Å². The monoisotopic (exact) mass is 213 g/mol. The second-order valence-corrected chi connectivity index (χ2v) is 5.25. The van der Waals surface area contributed by atoms with Crippen molar-refractivity contribution in [3.05, 3.63) is 0 Å². The standard InChI is InChI=1S/C11H23N3O/c1-11(2,3)13-9-4-6-14(7-5-9)10(15)8-12/h9,13H,4-8,12H2,1-3H3. The zero-order valence-corrected chi connectivity index (χ0v) is 10.0. The predicted octanol–water partition coefficient (Wildman–Crippen LogP) is 0.324. The van der Waals surface area contributed by atoms with Crippen LogP contribution in [0.2, 0.25) is 0 Å². The van der Waals surface area contributed by atoms with Gasteiger partial charge in [0.1, 0.15) is 0 Å². The maximum absolute atomic E-state index is 11.3. The highest BCUT2D eigenvalue weighted by Gasteiger charge is 2.24. The quantitative estimate of drug-likeness (QED) is 0.695. The molecule has 0 radical (unpaired) electrons. The zero-order valence-electron chi connectivity index (χ0n) is 10.0. The van der Waals surface area contributed by atoms with Crippen LogP contribution in [0, 0.1) is 0 Å². The highest BCUT2D eigenvalue weighted by molar-refractivity contribution is 5.78. The van der Waals surface area contributed by atoms with Gasteiger partial charge in [-0.25, -0.2) is 0 Å². The smallest absolute Gasteiger partial charge is 0.236 e. The first-order valence-electron chi connectivity index (χ1n) is 5.68. The summed E-state index contributed by atoms with van der Waals surface area (Å²) < 4.78 is 0. The molecule has 1 saturated heterocycles. The topological polar surface area (TPSA) is 58.4 Å². The number of piperidine rings is 1. The maximum atomic E-state index is 11.3. The van der Waals surface area contributed by atoms with Gasteiger partial charge in [-0.15, -0.1) is 0 Å². The van der Waals surface area contributed by atoms with Gasteiger partial charge in [0, 0.05) is 24.7 Å². The van der Waals surface area contributed by atoms with Gasteiger partial charge in [0.25, 0.3) is 0 Å². The lowest BCUT2D eigenvalue weighted by molar-refractivity contribution is -0.130. The van der Waals surface area contributed by atoms with E-state index in [4.69, 9.17) is 5.73 Å². The summed E-state index contributed by atoms with van der Waals surface area (Å²) in [6.45, 7) is 8.32. The Labute approximate surface area is 92.2 Å². The molecule has 0 aliphatic carbocycles. The third-order valence-electron chi connectivity index (χ3n) is 2.66. The molecule has 0 aromatic rings. The van der Waals surface area contributed by atoms with Crippen LogP contribution in [0.5, 0.6) is 0 Å². The molecular formula is C11H23N3O. The Morgan fingerprint density at radius 3 is 2.33 bits per heavy atom. The average molecular weight is 213 g/mol. The van der Waals surface area contributed by atoms with Crippen LogP contribution < -0.4 is 11.1 Å². The molecule has 1 amide bonds. The first kappa shape index (κ1) is 12.5. The van der Waals surface area contributed by atoms with E-state index >= 15 is 0 Å². The number of hydrogen-bond donors (Lipinski definition) is 2. The van der Waals surface area contributed by atoms with Crippen LogP contribution in [-0.2, 0) is 4.79 Å². The second-order valence-electron chi connectivity index (χ2n) is 5.25. The Hall–Kier alpha value is -0.610. The number of carbonyl (C=O) groups excluding carboxylic acids is 1. The highest BCUT2D eigenvalue weighted by Crippen LogP contribution is 2.13. The molecular weight excluding hydrogens is 190 g/mol. The van der Waals surface area contributed by atoms with Crippen molar-refractivity contribution >= 4 is 5.91 Å². The van der Waals surface area contributed by atoms with Crippen molar-refractivity contribution in [2.75, 3.05) is 19.6 Å². The molecule has 0 aromatic carbocycles. The van der Waals surface area contributed by atoms with Gasteiger partial charge in [-0.05, 0) is 33.6 Å². The molecule has 4 nitrogen and oxygen atoms in total. The predicted molar refractivity (Wildman–Crippen MR) is 61.5 cm³/mol. The van der Waals surface area contributed by atoms with Gasteiger partial charge < -0.3 is 16.0 Å². The van der Waals surface area contributed by atoms with Crippen LogP contribution in [0.4, 0.5) is 0 Å². The lowest BCUT2D eigenvalue weighted by atomic mass is 10.00. The van der Waals surface area contributed by atoms with Gasteiger partial charge in [-0.3, -0.25) is 4.79 Å². The normalized spacial score (nSPS) is 19.3. The summed E-state index contributed by atoms with van der Waals surface area (Å²) in [5, 5.41) is 3.57. The Bertz CT molecular complexity index is 214. The lowest BCUT2D eigenvalue weighted by Crippen LogP contribution is -2.51. The van der Waals surface area contributed by atoms with E-state index in [1.807, 2.05) is 4.90 Å². The molecule has 3 N–H and O–H groups in total. The number of amides is 1. The number of nitrogens with zero attached hydrogens (tertiary/aromatic N) is 1. The Morgan fingerprint density at radius 2 is 1.93 bits per heavy atom. The Kier molecular flexibility index (Phi) is 4.11. The lowest BCUT2D eigenvalue weighted by Gasteiger charge is -2.36. The number of rotatable bonds is 2. The van der Waals surface area contributed by atoms with Crippen molar-refractivity contribution in [1.82, 2.24) is 10.2 Å². The Morgan fingerprint density at radius 1 is 1.40 bits per heavy atom. The summed E-state index contributed by atoms with van der Waals surface area (Å²) in [5.41, 5.74) is 5.49. The van der Waals surface area contributed by atoms with Gasteiger partial charge in [0.05, 0.1) is 6.54 Å². The fourth-order valence-electron chi connectivity index (χ4n) is 2.01. The molecule has 0 spiro atoms. The maximum Gasteiger partial charge on any atom is 0.236 e. The van der Waals surface area contributed by atoms with Crippen molar-refractivity contribution in [2.45, 2.75) is 45.2 Å². The van der Waals surface area contributed by atoms with Crippen LogP contribution in [0.15, 0.2) is 0 Å². The third-order valence-corrected chi connectivity index (χ3v) is 2.66. The van der Waals surface area contributed by atoms with Crippen LogP contribution in [-0.4, -0.2) is 42.0 Å². The molecule has 1 aliphatic rings. The SMILES string of the molecule is CC(C)(C)NC1CCN(C(=O)CN)CC1. The first-order chi connectivity index (χ1) is 6.92. The van der Waals surface area contributed by atoms with Crippen molar-refractivity contribution in [2.24, 2.45) is 5.73 Å². The fraction of sp³-hybridized carbons (Fsp3) is 0.909. The minimum atomic E-state index is 0.0733. The summed E-state index contributed by atoms with van der Waals surface area (Å²) in [7, 11) is 0. The fourth-order valence-corrected chi connectivity index (χ4v) is 2.01. The number of hydrogen-bond acceptors (Lipinski definition) is 3. The van der Waals surface area contributed by atoms with Gasteiger partial charge in [0.15, 0.2) is 0 Å². The summed E-state index contributed by atoms with van der Waals surface area (Å²) >= 11 is 0. The zero-order chi connectivity index (χ0) is 11.5. The van der Waals surface area contributed by atoms with Gasteiger partial charge >= 0.3 is 0 Å². The number of likely N-dealkylation sites (tertiary alicyclic amines) is 1. The molecule has 0 atom stereocenters. The minimum Gasteiger partial charge on any atom is -0.341 e. The second kappa shape index (κ2) is 4.94. The molecule has 88 valence electrons. The minimum absolute atomic E-state index is 0.0733. The molecule has 1 rings (SSSR count). The molecule has 1 heterocycles. The van der Waals surface area contributed by atoms with Gasteiger partial charge in [-0.2, -0.15) is 0 Å². The molecule has 0 aromatic heterocycles. The van der Waals surface area contributed by atoms with E-state index in [0.717, 1.165) is 25.9 Å². The summed E-state index contributed by atoms with van der Waals surface area (Å²) in [6, 6.07) is 0.534. The number of nitrogens with one attached hydrogen (secondary N) is 1. The molecule has 0 saturated carbocycles. The van der Waals surface area contributed by atoms with Crippen molar-refractivity contribution < 1.29 is 4.79 Å². The third kappa shape index (κ3) is 4.18. The van der Waals surface area contributed by atoms with Crippen molar-refractivity contribution in [3.63, 3.8) is 0 Å².